The van der Waals surface area contributed by atoms with E-state index in [0.29, 0.717) is 6.54 Å². The highest BCUT2D eigenvalue weighted by Crippen LogP contribution is 2.31. The van der Waals surface area contributed by atoms with Gasteiger partial charge in [-0.05, 0) is 50.9 Å². The molecule has 104 valence electrons. The Labute approximate surface area is 113 Å². The van der Waals surface area contributed by atoms with Crippen molar-refractivity contribution in [2.75, 3.05) is 13.1 Å². The zero-order valence-corrected chi connectivity index (χ0v) is 11.4. The van der Waals surface area contributed by atoms with E-state index in [-0.39, 0.29) is 23.9 Å². The number of nitrogens with zero attached hydrogens (tertiary/aromatic N) is 1. The number of rotatable bonds is 4. The van der Waals surface area contributed by atoms with Gasteiger partial charge >= 0.3 is 5.97 Å². The molecule has 0 saturated carbocycles. The summed E-state index contributed by atoms with van der Waals surface area (Å²) in [6.07, 6.45) is 1.97. The smallest absolute Gasteiger partial charge is 0.320 e. The van der Waals surface area contributed by atoms with Crippen molar-refractivity contribution in [1.82, 2.24) is 4.90 Å². The molecular weight excluding hydrogens is 245 g/mol. The lowest BCUT2D eigenvalue weighted by Crippen LogP contribution is -2.31. The molecule has 1 unspecified atom stereocenters. The van der Waals surface area contributed by atoms with Crippen LogP contribution in [0.3, 0.4) is 0 Å². The molecule has 3 nitrogen and oxygen atoms in total. The number of halogens is 1. The second-order valence-corrected chi connectivity index (χ2v) is 5.22. The van der Waals surface area contributed by atoms with Gasteiger partial charge in [0.25, 0.3) is 0 Å². The Morgan fingerprint density at radius 2 is 2.11 bits per heavy atom. The van der Waals surface area contributed by atoms with Gasteiger partial charge in [-0.3, -0.25) is 9.69 Å². The van der Waals surface area contributed by atoms with E-state index < -0.39 is 0 Å². The van der Waals surface area contributed by atoms with Gasteiger partial charge in [-0.2, -0.15) is 0 Å². The Bertz CT molecular complexity index is 430. The first-order valence-corrected chi connectivity index (χ1v) is 6.75. The van der Waals surface area contributed by atoms with Gasteiger partial charge in [0.1, 0.15) is 5.82 Å². The van der Waals surface area contributed by atoms with E-state index in [1.54, 1.807) is 12.1 Å². The molecule has 1 atom stereocenters. The molecule has 1 aromatic rings. The largest absolute Gasteiger partial charge is 0.462 e. The highest BCUT2D eigenvalue weighted by atomic mass is 19.1. The van der Waals surface area contributed by atoms with Crippen LogP contribution in [-0.2, 0) is 9.53 Å². The molecule has 4 heteroatoms. The lowest BCUT2D eigenvalue weighted by atomic mass is 10.0. The van der Waals surface area contributed by atoms with Crippen LogP contribution in [0.2, 0.25) is 0 Å². The van der Waals surface area contributed by atoms with Gasteiger partial charge in [-0.25, -0.2) is 4.39 Å². The monoisotopic (exact) mass is 265 g/mol. The fourth-order valence-electron chi connectivity index (χ4n) is 2.54. The molecule has 0 amide bonds. The van der Waals surface area contributed by atoms with E-state index in [9.17, 15) is 9.18 Å². The van der Waals surface area contributed by atoms with E-state index in [1.807, 2.05) is 13.8 Å². The molecule has 0 radical (unpaired) electrons. The Hall–Kier alpha value is -1.42. The van der Waals surface area contributed by atoms with E-state index >= 15 is 0 Å². The summed E-state index contributed by atoms with van der Waals surface area (Å²) in [5, 5.41) is 0. The van der Waals surface area contributed by atoms with Crippen LogP contribution in [0, 0.1) is 5.82 Å². The van der Waals surface area contributed by atoms with E-state index in [0.717, 1.165) is 24.9 Å². The lowest BCUT2D eigenvalue weighted by molar-refractivity contribution is -0.148. The quantitative estimate of drug-likeness (QED) is 0.784. The zero-order chi connectivity index (χ0) is 13.8. The van der Waals surface area contributed by atoms with Crippen LogP contribution in [0.1, 0.15) is 38.3 Å². The van der Waals surface area contributed by atoms with Crippen molar-refractivity contribution in [3.8, 4) is 0 Å². The van der Waals surface area contributed by atoms with Crippen molar-refractivity contribution < 1.29 is 13.9 Å². The normalized spacial score (nSPS) is 19.9. The summed E-state index contributed by atoms with van der Waals surface area (Å²) in [5.74, 6) is -0.420. The molecule has 2 rings (SSSR count). The van der Waals surface area contributed by atoms with Gasteiger partial charge in [0.2, 0.25) is 0 Å². The van der Waals surface area contributed by atoms with Gasteiger partial charge in [0.15, 0.2) is 0 Å². The van der Waals surface area contributed by atoms with Gasteiger partial charge in [0, 0.05) is 6.04 Å². The molecule has 1 saturated heterocycles. The average molecular weight is 265 g/mol. The van der Waals surface area contributed by atoms with Gasteiger partial charge in [0.05, 0.1) is 12.6 Å². The minimum atomic E-state index is -0.229. The zero-order valence-electron chi connectivity index (χ0n) is 11.4. The van der Waals surface area contributed by atoms with Crippen LogP contribution in [0.15, 0.2) is 24.3 Å². The predicted octanol–water partition coefficient (Wildman–Crippen LogP) is 2.91. The summed E-state index contributed by atoms with van der Waals surface area (Å²) < 4.78 is 18.1. The second-order valence-electron chi connectivity index (χ2n) is 5.22. The summed E-state index contributed by atoms with van der Waals surface area (Å²) in [6, 6.07) is 6.73. The fraction of sp³-hybridized carbons (Fsp3) is 0.533. The first-order chi connectivity index (χ1) is 9.06. The van der Waals surface area contributed by atoms with Crippen molar-refractivity contribution in [2.45, 2.75) is 38.8 Å². The highest BCUT2D eigenvalue weighted by molar-refractivity contribution is 5.72. The summed E-state index contributed by atoms with van der Waals surface area (Å²) in [5.41, 5.74) is 1.07. The first-order valence-electron chi connectivity index (χ1n) is 6.75. The number of hydrogen-bond donors (Lipinski definition) is 0. The second kappa shape index (κ2) is 6.15. The third-order valence-corrected chi connectivity index (χ3v) is 3.32. The van der Waals surface area contributed by atoms with Crippen molar-refractivity contribution in [1.29, 1.82) is 0 Å². The number of ether oxygens (including phenoxy) is 1. The van der Waals surface area contributed by atoms with E-state index in [1.165, 1.54) is 12.1 Å². The van der Waals surface area contributed by atoms with Gasteiger partial charge in [-0.15, -0.1) is 0 Å². The number of carbonyl (C=O) groups is 1. The van der Waals surface area contributed by atoms with Crippen LogP contribution in [0.25, 0.3) is 0 Å². The van der Waals surface area contributed by atoms with Crippen molar-refractivity contribution in [3.63, 3.8) is 0 Å². The van der Waals surface area contributed by atoms with Crippen LogP contribution in [0.5, 0.6) is 0 Å². The topological polar surface area (TPSA) is 29.5 Å². The third kappa shape index (κ3) is 3.77. The minimum Gasteiger partial charge on any atom is -0.462 e. The number of likely N-dealkylation sites (tertiary alicyclic amines) is 1. The Kier molecular flexibility index (Phi) is 4.53. The summed E-state index contributed by atoms with van der Waals surface area (Å²) >= 11 is 0. The van der Waals surface area contributed by atoms with Crippen molar-refractivity contribution in [2.24, 2.45) is 0 Å². The molecule has 0 aliphatic carbocycles. The summed E-state index contributed by atoms with van der Waals surface area (Å²) in [4.78, 5) is 13.8. The lowest BCUT2D eigenvalue weighted by Gasteiger charge is -2.24. The molecule has 0 N–H and O–H groups in total. The summed E-state index contributed by atoms with van der Waals surface area (Å²) in [6.45, 7) is 4.88. The molecule has 0 spiro atoms. The maximum atomic E-state index is 12.9. The molecule has 1 fully saturated rings. The fourth-order valence-corrected chi connectivity index (χ4v) is 2.54. The Balaban J connectivity index is 2.00. The van der Waals surface area contributed by atoms with Gasteiger partial charge in [-0.1, -0.05) is 12.1 Å². The molecule has 0 aromatic heterocycles. The van der Waals surface area contributed by atoms with Crippen LogP contribution < -0.4 is 0 Å². The Morgan fingerprint density at radius 1 is 1.42 bits per heavy atom. The predicted molar refractivity (Wildman–Crippen MR) is 71.2 cm³/mol. The molecule has 19 heavy (non-hydrogen) atoms. The van der Waals surface area contributed by atoms with Gasteiger partial charge < -0.3 is 4.74 Å². The minimum absolute atomic E-state index is 0.0839. The number of esters is 1. The SMILES string of the molecule is CC(C)OC(=O)CN1CCCC1c1ccc(F)cc1. The molecular formula is C15H20FNO2. The summed E-state index contributed by atoms with van der Waals surface area (Å²) in [7, 11) is 0. The highest BCUT2D eigenvalue weighted by Gasteiger charge is 2.28. The van der Waals surface area contributed by atoms with Crippen LogP contribution in [-0.4, -0.2) is 30.1 Å². The third-order valence-electron chi connectivity index (χ3n) is 3.32. The maximum Gasteiger partial charge on any atom is 0.320 e. The van der Waals surface area contributed by atoms with Crippen LogP contribution >= 0.6 is 0 Å². The standard InChI is InChI=1S/C15H20FNO2/c1-11(2)19-15(18)10-17-9-3-4-14(17)12-5-7-13(16)8-6-12/h5-8,11,14H,3-4,9-10H2,1-2H3. The van der Waals surface area contributed by atoms with E-state index in [4.69, 9.17) is 4.74 Å². The first kappa shape index (κ1) is 14.0. The average Bonchev–Trinajstić information content (AvgIpc) is 2.77. The molecule has 1 aromatic carbocycles. The molecule has 1 aliphatic rings. The van der Waals surface area contributed by atoms with E-state index in [2.05, 4.69) is 4.90 Å². The number of benzene rings is 1. The van der Waals surface area contributed by atoms with Crippen molar-refractivity contribution >= 4 is 5.97 Å². The number of hydrogen-bond acceptors (Lipinski definition) is 3. The Morgan fingerprint density at radius 3 is 2.74 bits per heavy atom. The van der Waals surface area contributed by atoms with Crippen molar-refractivity contribution in [3.05, 3.63) is 35.6 Å². The molecule has 1 heterocycles. The van der Waals surface area contributed by atoms with Crippen LogP contribution in [0.4, 0.5) is 4.39 Å². The maximum absolute atomic E-state index is 12.9. The molecule has 1 aliphatic heterocycles. The molecule has 0 bridgehead atoms. The number of carbonyl (C=O) groups excluding carboxylic acids is 1.